The van der Waals surface area contributed by atoms with Crippen LogP contribution in [0.4, 0.5) is 5.95 Å². The molecule has 2 heterocycles. The maximum atomic E-state index is 4.52. The highest BCUT2D eigenvalue weighted by Crippen LogP contribution is 2.27. The summed E-state index contributed by atoms with van der Waals surface area (Å²) in [5.74, 6) is 0.629. The van der Waals surface area contributed by atoms with Crippen LogP contribution in [0.3, 0.4) is 0 Å². The van der Waals surface area contributed by atoms with E-state index in [0.29, 0.717) is 12.5 Å². The van der Waals surface area contributed by atoms with E-state index >= 15 is 0 Å². The lowest BCUT2D eigenvalue weighted by atomic mass is 10.2. The molecule has 4 nitrogen and oxygen atoms in total. The fourth-order valence-electron chi connectivity index (χ4n) is 2.41. The molecule has 0 fully saturated rings. The highest BCUT2D eigenvalue weighted by Gasteiger charge is 2.05. The molecule has 6 heteroatoms. The maximum Gasteiger partial charge on any atom is 0.243 e. The summed E-state index contributed by atoms with van der Waals surface area (Å²) in [6.07, 6.45) is 2.00. The first-order valence-electron chi connectivity index (χ1n) is 7.84. The highest BCUT2D eigenvalue weighted by atomic mass is 79.9. The lowest BCUT2D eigenvalue weighted by molar-refractivity contribution is 0.932. The maximum absolute atomic E-state index is 4.52. The monoisotopic (exact) mass is 410 g/mol. The summed E-state index contributed by atoms with van der Waals surface area (Å²) in [5, 5.41) is 7.79. The molecule has 2 aromatic heterocycles. The summed E-state index contributed by atoms with van der Waals surface area (Å²) < 4.78 is 2.89. The fourth-order valence-corrected chi connectivity index (χ4v) is 3.53. The summed E-state index contributed by atoms with van der Waals surface area (Å²) >= 11 is 5.15. The minimum absolute atomic E-state index is 0.629. The molecule has 0 radical (unpaired) electrons. The first kappa shape index (κ1) is 16.2. The van der Waals surface area contributed by atoms with E-state index in [2.05, 4.69) is 61.7 Å². The molecule has 0 bridgehead atoms. The molecule has 4 rings (SSSR count). The van der Waals surface area contributed by atoms with E-state index in [1.54, 1.807) is 11.8 Å². The van der Waals surface area contributed by atoms with Crippen molar-refractivity contribution in [3.05, 3.63) is 83.0 Å². The number of hydrogen-bond donors (Lipinski definition) is 1. The molecule has 0 aliphatic rings. The van der Waals surface area contributed by atoms with Gasteiger partial charge in [0, 0.05) is 27.0 Å². The van der Waals surface area contributed by atoms with Gasteiger partial charge in [0.25, 0.3) is 0 Å². The van der Waals surface area contributed by atoms with E-state index in [-0.39, 0.29) is 0 Å². The molecule has 2 aromatic carbocycles. The largest absolute Gasteiger partial charge is 0.349 e. The lowest BCUT2D eigenvalue weighted by Gasteiger charge is -2.02. The van der Waals surface area contributed by atoms with Crippen LogP contribution in [0.15, 0.2) is 87.2 Å². The molecule has 0 aliphatic heterocycles. The third kappa shape index (κ3) is 4.03. The predicted molar refractivity (Wildman–Crippen MR) is 105 cm³/mol. The number of nitrogens with zero attached hydrogens (tertiary/aromatic N) is 3. The van der Waals surface area contributed by atoms with Crippen molar-refractivity contribution in [1.82, 2.24) is 14.6 Å². The van der Waals surface area contributed by atoms with Gasteiger partial charge in [-0.3, -0.25) is 0 Å². The van der Waals surface area contributed by atoms with Crippen LogP contribution in [-0.2, 0) is 6.54 Å². The summed E-state index contributed by atoms with van der Waals surface area (Å²) in [7, 11) is 0. The Morgan fingerprint density at radius 2 is 1.72 bits per heavy atom. The molecule has 0 unspecified atom stereocenters. The second kappa shape index (κ2) is 7.29. The molecule has 0 saturated heterocycles. The minimum Gasteiger partial charge on any atom is -0.349 e. The van der Waals surface area contributed by atoms with Crippen molar-refractivity contribution < 1.29 is 0 Å². The average molecular weight is 411 g/mol. The van der Waals surface area contributed by atoms with E-state index in [0.717, 1.165) is 15.0 Å². The van der Waals surface area contributed by atoms with Gasteiger partial charge in [0.05, 0.1) is 0 Å². The Bertz CT molecular complexity index is 983. The van der Waals surface area contributed by atoms with E-state index in [4.69, 9.17) is 0 Å². The van der Waals surface area contributed by atoms with Gasteiger partial charge in [0.15, 0.2) is 5.65 Å². The van der Waals surface area contributed by atoms with Crippen molar-refractivity contribution in [2.24, 2.45) is 0 Å². The van der Waals surface area contributed by atoms with Gasteiger partial charge in [-0.2, -0.15) is 4.98 Å². The molecule has 1 N–H and O–H groups in total. The average Bonchev–Trinajstić information content (AvgIpc) is 3.04. The van der Waals surface area contributed by atoms with Gasteiger partial charge in [0.2, 0.25) is 5.95 Å². The van der Waals surface area contributed by atoms with E-state index in [1.807, 2.05) is 47.1 Å². The van der Waals surface area contributed by atoms with Gasteiger partial charge >= 0.3 is 0 Å². The molecular formula is C19H15BrN4S. The first-order valence-corrected chi connectivity index (χ1v) is 9.45. The van der Waals surface area contributed by atoms with Gasteiger partial charge in [-0.25, -0.2) is 4.52 Å². The second-order valence-corrected chi connectivity index (χ2v) is 7.56. The zero-order chi connectivity index (χ0) is 17.1. The normalized spacial score (nSPS) is 10.9. The Labute approximate surface area is 158 Å². The number of fused-ring (bicyclic) bond motifs is 1. The van der Waals surface area contributed by atoms with Gasteiger partial charge < -0.3 is 5.32 Å². The van der Waals surface area contributed by atoms with Crippen LogP contribution < -0.4 is 5.32 Å². The molecule has 0 spiro atoms. The predicted octanol–water partition coefficient (Wildman–Crippen LogP) is 5.26. The third-order valence-corrected chi connectivity index (χ3v) is 5.16. The van der Waals surface area contributed by atoms with Crippen molar-refractivity contribution in [2.45, 2.75) is 16.3 Å². The van der Waals surface area contributed by atoms with Crippen molar-refractivity contribution in [1.29, 1.82) is 0 Å². The zero-order valence-corrected chi connectivity index (χ0v) is 15.7. The molecule has 0 atom stereocenters. The number of aromatic nitrogens is 3. The van der Waals surface area contributed by atoms with Gasteiger partial charge in [0.1, 0.15) is 0 Å². The Morgan fingerprint density at radius 3 is 2.52 bits per heavy atom. The van der Waals surface area contributed by atoms with Crippen molar-refractivity contribution in [3.63, 3.8) is 0 Å². The first-order chi connectivity index (χ1) is 12.3. The number of rotatable bonds is 5. The van der Waals surface area contributed by atoms with Gasteiger partial charge in [-0.1, -0.05) is 58.0 Å². The molecule has 124 valence electrons. The summed E-state index contributed by atoms with van der Waals surface area (Å²) in [6.45, 7) is 0.690. The summed E-state index contributed by atoms with van der Waals surface area (Å²) in [4.78, 5) is 6.85. The minimum atomic E-state index is 0.629. The Hall–Kier alpha value is -2.31. The third-order valence-electron chi connectivity index (χ3n) is 3.65. The topological polar surface area (TPSA) is 42.2 Å². The number of halogens is 1. The van der Waals surface area contributed by atoms with Crippen LogP contribution in [0.5, 0.6) is 0 Å². The standard InChI is InChI=1S/C19H15BrN4S/c20-15-8-6-14(7-9-15)12-21-19-22-18-11-10-17(13-24(18)23-19)25-16-4-2-1-3-5-16/h1-11,13H,12H2,(H,21,23). The Balaban J connectivity index is 1.49. The van der Waals surface area contributed by atoms with Crippen LogP contribution in [0.25, 0.3) is 5.65 Å². The van der Waals surface area contributed by atoms with Crippen LogP contribution in [0.1, 0.15) is 5.56 Å². The quantitative estimate of drug-likeness (QED) is 0.487. The van der Waals surface area contributed by atoms with Crippen LogP contribution in [-0.4, -0.2) is 14.6 Å². The summed E-state index contributed by atoms with van der Waals surface area (Å²) in [6, 6.07) is 22.6. The van der Waals surface area contributed by atoms with E-state index in [9.17, 15) is 0 Å². The Kier molecular flexibility index (Phi) is 4.72. The number of hydrogen-bond acceptors (Lipinski definition) is 4. The van der Waals surface area contributed by atoms with Crippen molar-refractivity contribution in [3.8, 4) is 0 Å². The van der Waals surface area contributed by atoms with Crippen LogP contribution in [0, 0.1) is 0 Å². The summed E-state index contributed by atoms with van der Waals surface area (Å²) in [5.41, 5.74) is 2.01. The molecule has 4 aromatic rings. The fraction of sp³-hybridized carbons (Fsp3) is 0.0526. The Morgan fingerprint density at radius 1 is 0.920 bits per heavy atom. The van der Waals surface area contributed by atoms with E-state index < -0.39 is 0 Å². The SMILES string of the molecule is Brc1ccc(CNc2nc3ccc(Sc4ccccc4)cn3n2)cc1. The van der Waals surface area contributed by atoms with Gasteiger partial charge in [-0.15, -0.1) is 5.10 Å². The zero-order valence-electron chi connectivity index (χ0n) is 13.3. The second-order valence-electron chi connectivity index (χ2n) is 5.50. The van der Waals surface area contributed by atoms with Crippen LogP contribution in [0.2, 0.25) is 0 Å². The molecule has 0 amide bonds. The number of anilines is 1. The molecule has 0 aliphatic carbocycles. The molecular weight excluding hydrogens is 396 g/mol. The number of nitrogens with one attached hydrogen (secondary N) is 1. The smallest absolute Gasteiger partial charge is 0.243 e. The molecule has 0 saturated carbocycles. The van der Waals surface area contributed by atoms with Crippen molar-refractivity contribution in [2.75, 3.05) is 5.32 Å². The van der Waals surface area contributed by atoms with E-state index in [1.165, 1.54) is 10.5 Å². The molecule has 25 heavy (non-hydrogen) atoms. The van der Waals surface area contributed by atoms with Crippen LogP contribution >= 0.6 is 27.7 Å². The van der Waals surface area contributed by atoms with Crippen molar-refractivity contribution >= 4 is 39.3 Å². The number of benzene rings is 2. The highest BCUT2D eigenvalue weighted by molar-refractivity contribution is 9.10. The van der Waals surface area contributed by atoms with Gasteiger partial charge in [-0.05, 0) is 42.0 Å². The lowest BCUT2D eigenvalue weighted by Crippen LogP contribution is -2.01. The number of pyridine rings is 1.